The molecule has 8 heteroatoms. The van der Waals surface area contributed by atoms with Gasteiger partial charge in [-0.3, -0.25) is 14.4 Å². The Hall–Kier alpha value is -2.48. The van der Waals surface area contributed by atoms with Crippen LogP contribution in [0.5, 0.6) is 0 Å². The molecular weight excluding hydrogens is 399 g/mol. The van der Waals surface area contributed by atoms with Crippen LogP contribution in [0.2, 0.25) is 0 Å². The molecule has 31 heavy (non-hydrogen) atoms. The largest absolute Gasteiger partial charge is 0.354 e. The second-order valence-corrected chi connectivity index (χ2v) is 8.32. The topological polar surface area (TPSA) is 73.0 Å². The van der Waals surface area contributed by atoms with Crippen LogP contribution in [-0.2, 0) is 20.9 Å². The first kappa shape index (κ1) is 23.2. The molecule has 3 rings (SSSR count). The molecule has 0 aliphatic carbocycles. The minimum Gasteiger partial charge on any atom is -0.354 e. The number of benzene rings is 1. The summed E-state index contributed by atoms with van der Waals surface area (Å²) < 4.78 is 13.1. The quantitative estimate of drug-likeness (QED) is 0.477. The van der Waals surface area contributed by atoms with Crippen LogP contribution in [0, 0.1) is 5.82 Å². The smallest absolute Gasteiger partial charge is 0.312 e. The molecule has 2 aliphatic heterocycles. The van der Waals surface area contributed by atoms with Gasteiger partial charge in [0.2, 0.25) is 5.91 Å². The zero-order valence-electron chi connectivity index (χ0n) is 18.3. The Morgan fingerprint density at radius 1 is 1.03 bits per heavy atom. The Morgan fingerprint density at radius 3 is 2.42 bits per heavy atom. The van der Waals surface area contributed by atoms with E-state index < -0.39 is 17.9 Å². The van der Waals surface area contributed by atoms with E-state index in [1.54, 1.807) is 12.1 Å². The second-order valence-electron chi connectivity index (χ2n) is 8.32. The molecule has 2 heterocycles. The van der Waals surface area contributed by atoms with Crippen LogP contribution in [-0.4, -0.2) is 77.7 Å². The van der Waals surface area contributed by atoms with Crippen molar-refractivity contribution < 1.29 is 18.8 Å². The summed E-state index contributed by atoms with van der Waals surface area (Å²) in [6.07, 6.45) is 5.12. The molecule has 2 fully saturated rings. The summed E-state index contributed by atoms with van der Waals surface area (Å²) in [5.74, 6) is -1.81. The predicted octanol–water partition coefficient (Wildman–Crippen LogP) is 1.77. The summed E-state index contributed by atoms with van der Waals surface area (Å²) in [6, 6.07) is 5.23. The predicted molar refractivity (Wildman–Crippen MR) is 116 cm³/mol. The highest BCUT2D eigenvalue weighted by Gasteiger charge is 2.38. The van der Waals surface area contributed by atoms with Gasteiger partial charge >= 0.3 is 11.8 Å². The van der Waals surface area contributed by atoms with Crippen molar-refractivity contribution in [2.75, 3.05) is 39.3 Å². The molecule has 0 bridgehead atoms. The maximum atomic E-state index is 13.1. The lowest BCUT2D eigenvalue weighted by molar-refractivity contribution is -0.159. The van der Waals surface area contributed by atoms with Gasteiger partial charge in [0.05, 0.1) is 0 Å². The number of carbonyl (C=O) groups excluding carboxylic acids is 3. The van der Waals surface area contributed by atoms with E-state index >= 15 is 0 Å². The number of likely N-dealkylation sites (tertiary alicyclic amines) is 1. The van der Waals surface area contributed by atoms with Gasteiger partial charge in [-0.15, -0.1) is 0 Å². The Labute approximate surface area is 183 Å². The van der Waals surface area contributed by atoms with Crippen molar-refractivity contribution in [3.8, 4) is 0 Å². The Balaban J connectivity index is 1.48. The number of nitrogens with zero attached hydrogens (tertiary/aromatic N) is 3. The average Bonchev–Trinajstić information content (AvgIpc) is 2.78. The second kappa shape index (κ2) is 11.2. The van der Waals surface area contributed by atoms with Gasteiger partial charge in [-0.05, 0) is 63.0 Å². The summed E-state index contributed by atoms with van der Waals surface area (Å²) in [5.41, 5.74) is 0.759. The molecule has 2 aliphatic rings. The van der Waals surface area contributed by atoms with E-state index in [0.29, 0.717) is 26.1 Å². The van der Waals surface area contributed by atoms with Crippen LogP contribution in [0.25, 0.3) is 0 Å². The fraction of sp³-hybridized carbons (Fsp3) is 0.609. The number of halogens is 1. The summed E-state index contributed by atoms with van der Waals surface area (Å²) in [6.45, 7) is 6.55. The van der Waals surface area contributed by atoms with Crippen LogP contribution in [0.15, 0.2) is 24.3 Å². The summed E-state index contributed by atoms with van der Waals surface area (Å²) in [7, 11) is 0. The number of nitrogens with one attached hydrogen (secondary N) is 1. The van der Waals surface area contributed by atoms with Gasteiger partial charge in [-0.25, -0.2) is 4.39 Å². The zero-order valence-corrected chi connectivity index (χ0v) is 18.3. The number of hydrogen-bond donors (Lipinski definition) is 1. The Bertz CT molecular complexity index is 765. The molecule has 0 spiro atoms. The lowest BCUT2D eigenvalue weighted by Gasteiger charge is -2.37. The minimum absolute atomic E-state index is 0.200. The van der Waals surface area contributed by atoms with E-state index in [-0.39, 0.29) is 18.3 Å². The molecule has 1 atom stereocenters. The number of hydrogen-bond acceptors (Lipinski definition) is 4. The number of piperidine rings is 1. The first-order chi connectivity index (χ1) is 15.0. The monoisotopic (exact) mass is 432 g/mol. The van der Waals surface area contributed by atoms with E-state index in [9.17, 15) is 18.8 Å². The Morgan fingerprint density at radius 2 is 1.74 bits per heavy atom. The van der Waals surface area contributed by atoms with Crippen molar-refractivity contribution in [3.05, 3.63) is 35.6 Å². The third-order valence-electron chi connectivity index (χ3n) is 6.09. The first-order valence-electron chi connectivity index (χ1n) is 11.3. The fourth-order valence-corrected chi connectivity index (χ4v) is 4.31. The van der Waals surface area contributed by atoms with Crippen LogP contribution in [0.4, 0.5) is 4.39 Å². The summed E-state index contributed by atoms with van der Waals surface area (Å²) in [5, 5.41) is 2.94. The van der Waals surface area contributed by atoms with Gasteiger partial charge in [-0.2, -0.15) is 0 Å². The highest BCUT2D eigenvalue weighted by atomic mass is 19.1. The van der Waals surface area contributed by atoms with E-state index in [2.05, 4.69) is 10.2 Å². The number of rotatable bonds is 9. The fourth-order valence-electron chi connectivity index (χ4n) is 4.31. The average molecular weight is 433 g/mol. The van der Waals surface area contributed by atoms with E-state index in [0.717, 1.165) is 31.6 Å². The third kappa shape index (κ3) is 6.26. The summed E-state index contributed by atoms with van der Waals surface area (Å²) >= 11 is 0. The SMILES string of the molecule is CC[C@H](C(=O)NCCCN1CCCCC1)N1CCN(Cc2ccc(F)cc2)C(=O)C1=O. The van der Waals surface area contributed by atoms with Gasteiger partial charge in [0.1, 0.15) is 11.9 Å². The molecule has 0 radical (unpaired) electrons. The Kier molecular flexibility index (Phi) is 8.40. The normalized spacial score (nSPS) is 18.9. The van der Waals surface area contributed by atoms with Crippen LogP contribution < -0.4 is 5.32 Å². The molecule has 1 aromatic carbocycles. The van der Waals surface area contributed by atoms with Gasteiger partial charge < -0.3 is 20.0 Å². The lowest BCUT2D eigenvalue weighted by atomic mass is 10.1. The number of carbonyl (C=O) groups is 3. The van der Waals surface area contributed by atoms with E-state index in [4.69, 9.17) is 0 Å². The molecule has 170 valence electrons. The lowest BCUT2D eigenvalue weighted by Crippen LogP contribution is -2.60. The molecule has 0 unspecified atom stereocenters. The third-order valence-corrected chi connectivity index (χ3v) is 6.09. The van der Waals surface area contributed by atoms with Crippen LogP contribution >= 0.6 is 0 Å². The van der Waals surface area contributed by atoms with E-state index in [1.165, 1.54) is 41.2 Å². The van der Waals surface area contributed by atoms with E-state index in [1.807, 2.05) is 6.92 Å². The van der Waals surface area contributed by atoms with Gasteiger partial charge in [0.15, 0.2) is 0 Å². The number of amides is 3. The van der Waals surface area contributed by atoms with Crippen molar-refractivity contribution in [3.63, 3.8) is 0 Å². The van der Waals surface area contributed by atoms with Crippen LogP contribution in [0.3, 0.4) is 0 Å². The van der Waals surface area contributed by atoms with Gasteiger partial charge in [0, 0.05) is 26.2 Å². The van der Waals surface area contributed by atoms with Gasteiger partial charge in [0.25, 0.3) is 0 Å². The van der Waals surface area contributed by atoms with Crippen molar-refractivity contribution in [1.29, 1.82) is 0 Å². The standard InChI is InChI=1S/C23H33FN4O3/c1-2-20(21(29)25-11-6-14-26-12-4-3-5-13-26)28-16-15-27(22(30)23(28)31)17-18-7-9-19(24)10-8-18/h7-10,20H,2-6,11-17H2,1H3,(H,25,29)/t20-/m1/s1. The molecule has 7 nitrogen and oxygen atoms in total. The highest BCUT2D eigenvalue weighted by molar-refractivity contribution is 6.35. The van der Waals surface area contributed by atoms with Crippen LogP contribution in [0.1, 0.15) is 44.6 Å². The van der Waals surface area contributed by atoms with Crippen molar-refractivity contribution in [2.45, 2.75) is 51.6 Å². The molecule has 0 saturated carbocycles. The molecular formula is C23H33FN4O3. The van der Waals surface area contributed by atoms with Gasteiger partial charge in [-0.1, -0.05) is 25.5 Å². The highest BCUT2D eigenvalue weighted by Crippen LogP contribution is 2.15. The maximum absolute atomic E-state index is 13.1. The molecule has 0 aromatic heterocycles. The first-order valence-corrected chi connectivity index (χ1v) is 11.3. The molecule has 1 aromatic rings. The molecule has 2 saturated heterocycles. The van der Waals surface area contributed by atoms with Crippen molar-refractivity contribution in [1.82, 2.24) is 20.0 Å². The zero-order chi connectivity index (χ0) is 22.2. The van der Waals surface area contributed by atoms with Crippen molar-refractivity contribution in [2.24, 2.45) is 0 Å². The summed E-state index contributed by atoms with van der Waals surface area (Å²) in [4.78, 5) is 43.3. The number of piperazine rings is 1. The molecule has 3 amide bonds. The minimum atomic E-state index is -0.649. The molecule has 1 N–H and O–H groups in total. The maximum Gasteiger partial charge on any atom is 0.312 e. The van der Waals surface area contributed by atoms with Crippen molar-refractivity contribution >= 4 is 17.7 Å².